The second-order valence-corrected chi connectivity index (χ2v) is 9.19. The molecule has 148 valence electrons. The van der Waals surface area contributed by atoms with Crippen LogP contribution in [-0.2, 0) is 10.0 Å². The molecule has 0 bridgehead atoms. The van der Waals surface area contributed by atoms with Gasteiger partial charge in [0.2, 0.25) is 10.0 Å². The van der Waals surface area contributed by atoms with Gasteiger partial charge in [-0.25, -0.2) is 18.5 Å². The number of pyridine rings is 1. The highest BCUT2D eigenvalue weighted by Crippen LogP contribution is 2.41. The Balaban J connectivity index is 0.000000275. The van der Waals surface area contributed by atoms with Crippen molar-refractivity contribution in [1.29, 1.82) is 0 Å². The van der Waals surface area contributed by atoms with Crippen LogP contribution in [0, 0.1) is 0 Å². The molecule has 6 nitrogen and oxygen atoms in total. The topological polar surface area (TPSA) is 109 Å². The Kier molecular flexibility index (Phi) is 5.23. The molecule has 2 aromatic heterocycles. The summed E-state index contributed by atoms with van der Waals surface area (Å²) < 4.78 is 22.7. The molecule has 0 saturated heterocycles. The van der Waals surface area contributed by atoms with Crippen molar-refractivity contribution in [1.82, 2.24) is 9.97 Å². The van der Waals surface area contributed by atoms with Gasteiger partial charge in [-0.15, -0.1) is 0 Å². The minimum Gasteiger partial charge on any atom is -0.393 e. The summed E-state index contributed by atoms with van der Waals surface area (Å²) in [5.74, 6) is 0.631. The van der Waals surface area contributed by atoms with Gasteiger partial charge in [-0.2, -0.15) is 0 Å². The number of fused-ring (bicyclic) bond motifs is 1. The summed E-state index contributed by atoms with van der Waals surface area (Å²) >= 11 is 0. The predicted octanol–water partition coefficient (Wildman–Crippen LogP) is 3.68. The maximum absolute atomic E-state index is 11.3. The van der Waals surface area contributed by atoms with Crippen LogP contribution in [-0.4, -0.2) is 29.6 Å². The van der Waals surface area contributed by atoms with Crippen molar-refractivity contribution >= 4 is 21.1 Å². The van der Waals surface area contributed by atoms with Gasteiger partial charge in [0.25, 0.3) is 0 Å². The molecule has 7 heteroatoms. The normalized spacial score (nSPS) is 17.5. The molecule has 0 aliphatic heterocycles. The van der Waals surface area contributed by atoms with Gasteiger partial charge in [0.05, 0.1) is 11.0 Å². The number of H-pyrrole nitrogens is 1. The van der Waals surface area contributed by atoms with Crippen LogP contribution in [0.25, 0.3) is 22.2 Å². The zero-order valence-corrected chi connectivity index (χ0v) is 16.5. The first-order valence-electron chi connectivity index (χ1n) is 9.71. The van der Waals surface area contributed by atoms with Crippen molar-refractivity contribution < 1.29 is 13.5 Å². The number of primary sulfonamides is 1. The number of benzene rings is 1. The van der Waals surface area contributed by atoms with E-state index in [-0.39, 0.29) is 11.0 Å². The number of sulfonamides is 1. The number of nitrogens with zero attached hydrogens (tertiary/aromatic N) is 1. The molecule has 5 rings (SSSR count). The predicted molar refractivity (Wildman–Crippen MR) is 109 cm³/mol. The minimum atomic E-state index is -3.66. The lowest BCUT2D eigenvalue weighted by Gasteiger charge is -2.04. The van der Waals surface area contributed by atoms with Crippen LogP contribution >= 0.6 is 0 Å². The molecule has 2 aliphatic carbocycles. The molecule has 0 amide bonds. The lowest BCUT2D eigenvalue weighted by molar-refractivity contribution is 0.183. The van der Waals surface area contributed by atoms with E-state index in [0.717, 1.165) is 35.0 Å². The maximum Gasteiger partial charge on any atom is 0.238 e. The van der Waals surface area contributed by atoms with E-state index >= 15 is 0 Å². The average Bonchev–Trinajstić information content (AvgIpc) is 3.25. The highest BCUT2D eigenvalue weighted by molar-refractivity contribution is 7.89. The lowest BCUT2D eigenvalue weighted by Crippen LogP contribution is -2.11. The molecule has 28 heavy (non-hydrogen) atoms. The van der Waals surface area contributed by atoms with Crippen LogP contribution in [0.5, 0.6) is 0 Å². The third-order valence-electron chi connectivity index (χ3n) is 5.39. The molecule has 2 saturated carbocycles. The van der Waals surface area contributed by atoms with Gasteiger partial charge in [-0.1, -0.05) is 25.0 Å². The number of aromatic amines is 1. The monoisotopic (exact) mass is 399 g/mol. The van der Waals surface area contributed by atoms with Crippen molar-refractivity contribution in [3.8, 4) is 11.1 Å². The van der Waals surface area contributed by atoms with Crippen LogP contribution in [0.2, 0.25) is 0 Å². The van der Waals surface area contributed by atoms with Crippen molar-refractivity contribution in [2.45, 2.75) is 55.4 Å². The van der Waals surface area contributed by atoms with E-state index in [1.165, 1.54) is 43.5 Å². The van der Waals surface area contributed by atoms with Crippen molar-refractivity contribution in [3.63, 3.8) is 0 Å². The summed E-state index contributed by atoms with van der Waals surface area (Å²) in [4.78, 5) is 7.88. The highest BCUT2D eigenvalue weighted by Gasteiger charge is 2.25. The van der Waals surface area contributed by atoms with Gasteiger partial charge in [-0.05, 0) is 67.0 Å². The zero-order chi connectivity index (χ0) is 19.7. The molecular weight excluding hydrogens is 374 g/mol. The summed E-state index contributed by atoms with van der Waals surface area (Å²) in [5, 5.41) is 14.9. The van der Waals surface area contributed by atoms with Gasteiger partial charge < -0.3 is 10.1 Å². The van der Waals surface area contributed by atoms with E-state index in [2.05, 4.69) is 16.0 Å². The number of hydrogen-bond donors (Lipinski definition) is 3. The van der Waals surface area contributed by atoms with Crippen molar-refractivity contribution in [2.24, 2.45) is 5.14 Å². The Bertz CT molecular complexity index is 1060. The number of aliphatic hydroxyl groups is 1. The van der Waals surface area contributed by atoms with Crippen LogP contribution in [0.15, 0.2) is 47.5 Å². The zero-order valence-electron chi connectivity index (χ0n) is 15.6. The van der Waals surface area contributed by atoms with Gasteiger partial charge in [0, 0.05) is 17.3 Å². The fraction of sp³-hybridized carbons (Fsp3) is 0.381. The Labute approximate surface area is 164 Å². The number of hydrogen-bond acceptors (Lipinski definition) is 4. The summed E-state index contributed by atoms with van der Waals surface area (Å²) in [5.41, 5.74) is 4.08. The first-order chi connectivity index (χ1) is 13.4. The largest absolute Gasteiger partial charge is 0.393 e. The standard InChI is InChI=1S/C16H15N3O2S.C5H10O/c17-22(20,21)12-5-3-10(4-6-12)13-7-8-18-16-14(13)9-15(19-16)11-1-2-11;6-5-3-1-2-4-5/h3-9,11H,1-2H2,(H,18,19)(H2,17,20,21);5-6H,1-4H2. The van der Waals surface area contributed by atoms with E-state index in [0.29, 0.717) is 5.92 Å². The Morgan fingerprint density at radius 2 is 1.71 bits per heavy atom. The summed E-state index contributed by atoms with van der Waals surface area (Å²) in [6.07, 6.45) is 8.82. The summed E-state index contributed by atoms with van der Waals surface area (Å²) in [6, 6.07) is 10.7. The SMILES string of the molecule is NS(=O)(=O)c1ccc(-c2ccnc3[nH]c(C4CC4)cc23)cc1.OC1CCCC1. The molecule has 2 aliphatic rings. The molecule has 0 atom stereocenters. The van der Waals surface area contributed by atoms with E-state index in [1.807, 2.05) is 6.07 Å². The fourth-order valence-corrected chi connectivity index (χ4v) is 4.16. The Hall–Kier alpha value is -2.22. The van der Waals surface area contributed by atoms with Gasteiger partial charge in [0.15, 0.2) is 0 Å². The fourth-order valence-electron chi connectivity index (χ4n) is 3.64. The van der Waals surface area contributed by atoms with Crippen molar-refractivity contribution in [3.05, 3.63) is 48.3 Å². The van der Waals surface area contributed by atoms with Crippen LogP contribution in [0.1, 0.15) is 50.1 Å². The second kappa shape index (κ2) is 7.66. The highest BCUT2D eigenvalue weighted by atomic mass is 32.2. The van der Waals surface area contributed by atoms with Crippen LogP contribution < -0.4 is 5.14 Å². The third-order valence-corrected chi connectivity index (χ3v) is 6.32. The average molecular weight is 400 g/mol. The first kappa shape index (κ1) is 19.1. The molecule has 0 unspecified atom stereocenters. The molecule has 0 spiro atoms. The number of nitrogens with two attached hydrogens (primary N) is 1. The molecular formula is C21H25N3O3S. The lowest BCUT2D eigenvalue weighted by atomic mass is 10.0. The number of aliphatic hydroxyl groups excluding tert-OH is 1. The third kappa shape index (κ3) is 4.27. The molecule has 1 aromatic carbocycles. The van der Waals surface area contributed by atoms with Gasteiger partial charge >= 0.3 is 0 Å². The van der Waals surface area contributed by atoms with E-state index in [9.17, 15) is 8.42 Å². The Morgan fingerprint density at radius 3 is 2.25 bits per heavy atom. The number of aromatic nitrogens is 2. The summed E-state index contributed by atoms with van der Waals surface area (Å²) in [6.45, 7) is 0. The van der Waals surface area contributed by atoms with E-state index < -0.39 is 10.0 Å². The molecule has 4 N–H and O–H groups in total. The Morgan fingerprint density at radius 1 is 1.04 bits per heavy atom. The van der Waals surface area contributed by atoms with E-state index in [1.54, 1.807) is 18.3 Å². The van der Waals surface area contributed by atoms with Crippen molar-refractivity contribution in [2.75, 3.05) is 0 Å². The molecule has 3 aromatic rings. The summed E-state index contributed by atoms with van der Waals surface area (Å²) in [7, 11) is -3.66. The molecule has 2 fully saturated rings. The van der Waals surface area contributed by atoms with Gasteiger partial charge in [0.1, 0.15) is 5.65 Å². The number of rotatable bonds is 3. The second-order valence-electron chi connectivity index (χ2n) is 7.63. The van der Waals surface area contributed by atoms with Gasteiger partial charge in [-0.3, -0.25) is 0 Å². The maximum atomic E-state index is 11.3. The molecule has 2 heterocycles. The quantitative estimate of drug-likeness (QED) is 0.624. The smallest absolute Gasteiger partial charge is 0.238 e. The van der Waals surface area contributed by atoms with Crippen LogP contribution in [0.3, 0.4) is 0 Å². The minimum absolute atomic E-state index is 0.0463. The van der Waals surface area contributed by atoms with E-state index in [4.69, 9.17) is 10.2 Å². The molecule has 0 radical (unpaired) electrons. The number of nitrogens with one attached hydrogen (secondary N) is 1. The first-order valence-corrected chi connectivity index (χ1v) is 11.3. The van der Waals surface area contributed by atoms with Crippen LogP contribution in [0.4, 0.5) is 0 Å².